The summed E-state index contributed by atoms with van der Waals surface area (Å²) in [4.78, 5) is 48.2. The lowest BCUT2D eigenvalue weighted by Gasteiger charge is -2.69. The van der Waals surface area contributed by atoms with Crippen LogP contribution in [0.15, 0.2) is 53.3 Å². The second kappa shape index (κ2) is 12.4. The van der Waals surface area contributed by atoms with Crippen molar-refractivity contribution in [3.05, 3.63) is 70.3 Å². The monoisotopic (exact) mass is 725 g/mol. The van der Waals surface area contributed by atoms with Gasteiger partial charge in [0, 0.05) is 75.8 Å². The number of rotatable bonds is 9. The largest absolute Gasteiger partial charge is 0.462 e. The van der Waals surface area contributed by atoms with Crippen LogP contribution in [0.2, 0.25) is 0 Å². The number of para-hydroxylation sites is 2. The molecule has 11 nitrogen and oxygen atoms in total. The highest BCUT2D eigenvalue weighted by molar-refractivity contribution is 5.93. The molecule has 6 fully saturated rings. The number of likely N-dealkylation sites (tertiary alicyclic amines) is 1. The summed E-state index contributed by atoms with van der Waals surface area (Å²) < 4.78 is 33.9. The molecule has 3 aromatic rings. The van der Waals surface area contributed by atoms with Gasteiger partial charge in [-0.05, 0) is 75.3 Å². The van der Waals surface area contributed by atoms with Crippen molar-refractivity contribution in [2.45, 2.75) is 82.8 Å². The SMILES string of the molecule is CCN1C[C@]2(COC(=O)c3ccccc3-n3c(C)nc4ccccc4c3=O)CC[C@H](OC)[C@@]34[C@@H]5C[C@H]6[C@H](OC(C)=O)[C@@H]5[C@](OC)(C[C@@H]6OC)[C@@H](C[C@H]23)[C@H]14. The van der Waals surface area contributed by atoms with E-state index in [2.05, 4.69) is 11.8 Å². The third-order valence-electron chi connectivity index (χ3n) is 15.1. The van der Waals surface area contributed by atoms with E-state index in [1.54, 1.807) is 32.2 Å². The van der Waals surface area contributed by atoms with Crippen molar-refractivity contribution in [1.82, 2.24) is 14.5 Å². The number of aryl methyl sites for hydroxylation is 1. The van der Waals surface area contributed by atoms with Gasteiger partial charge in [-0.25, -0.2) is 9.78 Å². The molecule has 5 saturated carbocycles. The van der Waals surface area contributed by atoms with Crippen molar-refractivity contribution >= 4 is 22.8 Å². The molecule has 9 rings (SSSR count). The number of benzene rings is 2. The summed E-state index contributed by atoms with van der Waals surface area (Å²) in [5, 5.41) is 0.490. The minimum absolute atomic E-state index is 0.00911. The molecule has 2 aromatic carbocycles. The Labute approximate surface area is 310 Å². The summed E-state index contributed by atoms with van der Waals surface area (Å²) in [5.74, 6) is 0.435. The second-order valence-electron chi connectivity index (χ2n) is 16.7. The Balaban J connectivity index is 1.11. The number of nitrogens with zero attached hydrogens (tertiary/aromatic N) is 3. The van der Waals surface area contributed by atoms with E-state index in [0.29, 0.717) is 28.0 Å². The van der Waals surface area contributed by atoms with Gasteiger partial charge in [-0.3, -0.25) is 19.1 Å². The van der Waals surface area contributed by atoms with Crippen molar-refractivity contribution in [3.63, 3.8) is 0 Å². The van der Waals surface area contributed by atoms with Gasteiger partial charge in [-0.2, -0.15) is 0 Å². The van der Waals surface area contributed by atoms with Crippen LogP contribution in [0.25, 0.3) is 16.6 Å². The zero-order chi connectivity index (χ0) is 37.0. The van der Waals surface area contributed by atoms with Crippen molar-refractivity contribution in [3.8, 4) is 5.69 Å². The molecule has 282 valence electrons. The van der Waals surface area contributed by atoms with Gasteiger partial charge < -0.3 is 23.7 Å². The molecule has 0 radical (unpaired) electrons. The topological polar surface area (TPSA) is 118 Å². The van der Waals surface area contributed by atoms with E-state index in [4.69, 9.17) is 28.7 Å². The molecule has 7 bridgehead atoms. The number of piperidine rings is 1. The molecule has 5 aliphatic carbocycles. The van der Waals surface area contributed by atoms with Crippen LogP contribution in [-0.4, -0.2) is 97.4 Å². The predicted molar refractivity (Wildman–Crippen MR) is 196 cm³/mol. The number of esters is 2. The third-order valence-corrected chi connectivity index (χ3v) is 15.1. The molecule has 11 heteroatoms. The number of carbonyl (C=O) groups is 2. The Morgan fingerprint density at radius 1 is 1.00 bits per heavy atom. The van der Waals surface area contributed by atoms with Gasteiger partial charge in [0.05, 0.1) is 46.6 Å². The Hall–Kier alpha value is -3.64. The summed E-state index contributed by atoms with van der Waals surface area (Å²) in [5.41, 5.74) is 0.107. The van der Waals surface area contributed by atoms with Crippen LogP contribution >= 0.6 is 0 Å². The van der Waals surface area contributed by atoms with E-state index in [-0.39, 0.29) is 82.9 Å². The molecular weight excluding hydrogens is 674 g/mol. The summed E-state index contributed by atoms with van der Waals surface area (Å²) in [7, 11) is 5.48. The molecule has 12 atom stereocenters. The van der Waals surface area contributed by atoms with E-state index in [1.807, 2.05) is 44.6 Å². The van der Waals surface area contributed by atoms with Crippen LogP contribution in [0.4, 0.5) is 0 Å². The molecule has 53 heavy (non-hydrogen) atoms. The smallest absolute Gasteiger partial charge is 0.340 e. The normalized spacial score (nSPS) is 39.2. The van der Waals surface area contributed by atoms with Gasteiger partial charge in [-0.15, -0.1) is 0 Å². The Kier molecular flexibility index (Phi) is 8.24. The van der Waals surface area contributed by atoms with Crippen molar-refractivity contribution in [1.29, 1.82) is 0 Å². The van der Waals surface area contributed by atoms with E-state index in [0.717, 1.165) is 45.2 Å². The van der Waals surface area contributed by atoms with Crippen LogP contribution in [-0.2, 0) is 28.5 Å². The van der Waals surface area contributed by atoms with Crippen LogP contribution in [0.3, 0.4) is 0 Å². The maximum absolute atomic E-state index is 14.3. The first kappa shape index (κ1) is 35.1. The Morgan fingerprint density at radius 3 is 2.51 bits per heavy atom. The van der Waals surface area contributed by atoms with E-state index < -0.39 is 11.6 Å². The van der Waals surface area contributed by atoms with Gasteiger partial charge in [0.1, 0.15) is 11.9 Å². The van der Waals surface area contributed by atoms with Gasteiger partial charge in [0.2, 0.25) is 0 Å². The number of aromatic nitrogens is 2. The Bertz CT molecular complexity index is 2030. The number of hydrogen-bond acceptors (Lipinski definition) is 10. The summed E-state index contributed by atoms with van der Waals surface area (Å²) in [6.45, 7) is 7.46. The first-order valence-electron chi connectivity index (χ1n) is 19.4. The third kappa shape index (κ3) is 4.54. The number of methoxy groups -OCH3 is 3. The zero-order valence-electron chi connectivity index (χ0n) is 31.6. The number of fused-ring (bicyclic) bond motifs is 3. The fourth-order valence-corrected chi connectivity index (χ4v) is 13.7. The Morgan fingerprint density at radius 2 is 1.77 bits per heavy atom. The minimum atomic E-state index is -0.526. The first-order valence-corrected chi connectivity index (χ1v) is 19.4. The minimum Gasteiger partial charge on any atom is -0.462 e. The quantitative estimate of drug-likeness (QED) is 0.280. The fraction of sp³-hybridized carbons (Fsp3) is 0.619. The molecule has 1 aliphatic heterocycles. The summed E-state index contributed by atoms with van der Waals surface area (Å²) >= 11 is 0. The highest BCUT2D eigenvalue weighted by atomic mass is 16.6. The van der Waals surface area contributed by atoms with Gasteiger partial charge in [0.25, 0.3) is 5.56 Å². The molecule has 0 amide bonds. The van der Waals surface area contributed by atoms with E-state index in [9.17, 15) is 14.4 Å². The second-order valence-corrected chi connectivity index (χ2v) is 16.7. The van der Waals surface area contributed by atoms with Crippen molar-refractivity contribution < 1.29 is 33.3 Å². The van der Waals surface area contributed by atoms with Crippen LogP contribution in [0.1, 0.15) is 62.1 Å². The molecule has 6 aliphatic rings. The van der Waals surface area contributed by atoms with Gasteiger partial charge >= 0.3 is 11.9 Å². The zero-order valence-corrected chi connectivity index (χ0v) is 31.6. The molecule has 0 N–H and O–H groups in total. The average Bonchev–Trinajstić information content (AvgIpc) is 3.59. The van der Waals surface area contributed by atoms with Crippen molar-refractivity contribution in [2.75, 3.05) is 41.0 Å². The van der Waals surface area contributed by atoms with Crippen LogP contribution < -0.4 is 5.56 Å². The maximum Gasteiger partial charge on any atom is 0.340 e. The number of carbonyl (C=O) groups excluding carboxylic acids is 2. The number of ether oxygens (including phenoxy) is 5. The molecule has 1 saturated heterocycles. The molecule has 1 spiro atoms. The summed E-state index contributed by atoms with van der Waals surface area (Å²) in [6.07, 6.45) is 3.94. The predicted octanol–water partition coefficient (Wildman–Crippen LogP) is 4.97. The van der Waals surface area contributed by atoms with Crippen molar-refractivity contribution in [2.24, 2.45) is 40.4 Å². The lowest BCUT2D eigenvalue weighted by atomic mass is 9.43. The summed E-state index contributed by atoms with van der Waals surface area (Å²) in [6, 6.07) is 14.6. The average molecular weight is 726 g/mol. The van der Waals surface area contributed by atoms with Gasteiger partial charge in [-0.1, -0.05) is 31.2 Å². The first-order chi connectivity index (χ1) is 25.6. The highest BCUT2D eigenvalue weighted by Crippen LogP contribution is 2.79. The van der Waals surface area contributed by atoms with Crippen LogP contribution in [0.5, 0.6) is 0 Å². The fourth-order valence-electron chi connectivity index (χ4n) is 13.7. The highest BCUT2D eigenvalue weighted by Gasteiger charge is 2.84. The van der Waals surface area contributed by atoms with E-state index in [1.165, 1.54) is 11.5 Å². The molecular formula is C42H51N3O8. The number of hydrogen-bond donors (Lipinski definition) is 0. The van der Waals surface area contributed by atoms with E-state index >= 15 is 0 Å². The lowest BCUT2D eigenvalue weighted by Crippen LogP contribution is -2.76. The molecule has 1 aromatic heterocycles. The molecule has 2 heterocycles. The lowest BCUT2D eigenvalue weighted by molar-refractivity contribution is -0.281. The maximum atomic E-state index is 14.3. The standard InChI is InChI=1S/C42H51N3O8/c1-7-44-21-40(22-52-39(48)26-13-9-11-15-31(26)45-23(2)43-30-14-10-8-12-25(30)38(45)47)17-16-34(50-5)42-28-18-27-32(49-4)20-41(51-6,29(37(42)44)19-33(40)42)35(28)36(27)53-24(3)46/h8-15,27-29,32-37H,7,16-22H2,1-6H3/t27-,28-,29+,32+,33-,34+,35-,36+,37+,40+,41+,42-/m1/s1. The van der Waals surface area contributed by atoms with Gasteiger partial charge in [0.15, 0.2) is 0 Å². The molecule has 0 unspecified atom stereocenters. The van der Waals surface area contributed by atoms with Crippen LogP contribution in [0, 0.1) is 47.3 Å².